The monoisotopic (exact) mass is 489 g/mol. The van der Waals surface area contributed by atoms with Gasteiger partial charge in [-0.25, -0.2) is 5.10 Å². The minimum Gasteiger partial charge on any atom is -0.497 e. The van der Waals surface area contributed by atoms with Crippen LogP contribution in [0.1, 0.15) is 16.1 Å². The third kappa shape index (κ3) is 7.01. The smallest absolute Gasteiger partial charge is 0.497 e. The maximum absolute atomic E-state index is 10.8. The van der Waals surface area contributed by atoms with Crippen LogP contribution >= 0.6 is 22.9 Å². The largest absolute Gasteiger partial charge is 2.00 e. The Morgan fingerprint density at radius 3 is 2.52 bits per heavy atom. The summed E-state index contributed by atoms with van der Waals surface area (Å²) in [6, 6.07) is 16.5. The molecule has 4 rings (SSSR count). The molecule has 0 spiro atoms. The van der Waals surface area contributed by atoms with Crippen molar-refractivity contribution >= 4 is 29.2 Å². The standard InChI is InChI=1S/C13H10NO2.C10H4ClN2S.Ni/c1-16-13-5-3-2-4-11(13)12-8-14-7-6-10(12)9-15;11-9-4-1-8(2-5-9)3-6-10-13-12-7-14-10;/h2-8H,1H3;1-2,4-5H;/q2*-1;+2. The first-order valence-electron chi connectivity index (χ1n) is 8.64. The zero-order chi connectivity index (χ0) is 21.2. The number of hydrogen-bond donors (Lipinski definition) is 0. The second-order valence-electron chi connectivity index (χ2n) is 5.68. The van der Waals surface area contributed by atoms with Gasteiger partial charge in [-0.05, 0) is 48.3 Å². The summed E-state index contributed by atoms with van der Waals surface area (Å²) >= 11 is 7.04. The van der Waals surface area contributed by atoms with Crippen LogP contribution in [0, 0.1) is 17.4 Å². The number of rotatable bonds is 3. The number of nitrogens with zero attached hydrogens (tertiary/aromatic N) is 3. The van der Waals surface area contributed by atoms with E-state index in [1.165, 1.54) is 11.3 Å². The fraction of sp³-hybridized carbons (Fsp3) is 0.0435. The van der Waals surface area contributed by atoms with E-state index in [0.717, 1.165) is 16.7 Å². The Labute approximate surface area is 199 Å². The maximum atomic E-state index is 10.8. The molecule has 0 aliphatic rings. The van der Waals surface area contributed by atoms with Gasteiger partial charge in [-0.3, -0.25) is 10.1 Å². The zero-order valence-electron chi connectivity index (χ0n) is 16.1. The minimum atomic E-state index is 0. The first-order valence-corrected chi connectivity index (χ1v) is 9.83. The summed E-state index contributed by atoms with van der Waals surface area (Å²) in [5.41, 5.74) is 5.60. The van der Waals surface area contributed by atoms with E-state index in [1.54, 1.807) is 37.7 Å². The van der Waals surface area contributed by atoms with Gasteiger partial charge >= 0.3 is 16.5 Å². The topological polar surface area (TPSA) is 65.0 Å². The summed E-state index contributed by atoms with van der Waals surface area (Å²) in [5, 5.41) is 8.71. The van der Waals surface area contributed by atoms with Crippen molar-refractivity contribution in [3.63, 3.8) is 0 Å². The summed E-state index contributed by atoms with van der Waals surface area (Å²) in [5.74, 6) is 6.55. The summed E-state index contributed by atoms with van der Waals surface area (Å²) < 4.78 is 5.24. The third-order valence-electron chi connectivity index (χ3n) is 3.81. The molecule has 0 atom stereocenters. The molecular formula is C23H14ClN3NiO2S. The molecule has 31 heavy (non-hydrogen) atoms. The van der Waals surface area contributed by atoms with Crippen LogP contribution in [-0.2, 0) is 21.3 Å². The van der Waals surface area contributed by atoms with Gasteiger partial charge in [0.25, 0.3) is 0 Å². The number of methoxy groups -OCH3 is 1. The fourth-order valence-electron chi connectivity index (χ4n) is 2.42. The number of carbonyl (C=O) groups excluding carboxylic acids is 1. The van der Waals surface area contributed by atoms with E-state index in [1.807, 2.05) is 42.7 Å². The third-order valence-corrected chi connectivity index (χ3v) is 4.61. The number of pyridine rings is 1. The molecule has 0 saturated heterocycles. The molecule has 0 radical (unpaired) electrons. The van der Waals surface area contributed by atoms with Gasteiger partial charge in [-0.15, -0.1) is 17.6 Å². The first kappa shape index (κ1) is 24.2. The van der Waals surface area contributed by atoms with E-state index < -0.39 is 0 Å². The molecule has 0 saturated carbocycles. The Morgan fingerprint density at radius 2 is 1.84 bits per heavy atom. The van der Waals surface area contributed by atoms with E-state index in [2.05, 4.69) is 32.5 Å². The first-order chi connectivity index (χ1) is 14.7. The van der Waals surface area contributed by atoms with Gasteiger partial charge < -0.3 is 20.9 Å². The number of halogens is 1. The molecule has 0 bridgehead atoms. The molecule has 0 aliphatic heterocycles. The number of benzene rings is 2. The van der Waals surface area contributed by atoms with Gasteiger partial charge in [-0.1, -0.05) is 46.8 Å². The molecular weight excluding hydrogens is 476 g/mol. The van der Waals surface area contributed by atoms with Crippen LogP contribution < -0.4 is 4.74 Å². The summed E-state index contributed by atoms with van der Waals surface area (Å²) in [6.07, 6.45) is 5.11. The molecule has 2 heterocycles. The van der Waals surface area contributed by atoms with Gasteiger partial charge in [0.05, 0.1) is 13.4 Å². The van der Waals surface area contributed by atoms with Gasteiger partial charge in [0.1, 0.15) is 5.75 Å². The molecule has 0 unspecified atom stereocenters. The van der Waals surface area contributed by atoms with Crippen molar-refractivity contribution in [1.29, 1.82) is 0 Å². The molecule has 2 aromatic carbocycles. The Bertz CT molecular complexity index is 1170. The van der Waals surface area contributed by atoms with Crippen LogP contribution in [0.4, 0.5) is 0 Å². The Morgan fingerprint density at radius 1 is 1.06 bits per heavy atom. The average Bonchev–Trinajstić information content (AvgIpc) is 3.33. The quantitative estimate of drug-likeness (QED) is 0.239. The normalized spacial score (nSPS) is 9.23. The van der Waals surface area contributed by atoms with Gasteiger partial charge in [-0.2, -0.15) is 0 Å². The van der Waals surface area contributed by atoms with Crippen molar-refractivity contribution in [2.75, 3.05) is 7.11 Å². The van der Waals surface area contributed by atoms with Crippen LogP contribution in [0.25, 0.3) is 11.1 Å². The van der Waals surface area contributed by atoms with Crippen molar-refractivity contribution in [2.24, 2.45) is 0 Å². The van der Waals surface area contributed by atoms with E-state index in [4.69, 9.17) is 16.3 Å². The molecule has 0 aliphatic carbocycles. The molecule has 0 amide bonds. The van der Waals surface area contributed by atoms with Crippen molar-refractivity contribution < 1.29 is 26.0 Å². The van der Waals surface area contributed by atoms with Gasteiger partial charge in [0.15, 0.2) is 0 Å². The van der Waals surface area contributed by atoms with Crippen LogP contribution in [0.2, 0.25) is 5.02 Å². The van der Waals surface area contributed by atoms with Gasteiger partial charge in [0.2, 0.25) is 0 Å². The summed E-state index contributed by atoms with van der Waals surface area (Å²) in [4.78, 5) is 14.8. The molecule has 4 aromatic rings. The van der Waals surface area contributed by atoms with E-state index in [0.29, 0.717) is 21.3 Å². The number of aromatic nitrogens is 3. The molecule has 8 heteroatoms. The average molecular weight is 491 g/mol. The van der Waals surface area contributed by atoms with Crippen LogP contribution in [-0.4, -0.2) is 28.6 Å². The Balaban J connectivity index is 0.000000215. The second kappa shape index (κ2) is 12.6. The van der Waals surface area contributed by atoms with Gasteiger partial charge in [0, 0.05) is 15.6 Å². The molecule has 2 aromatic heterocycles. The Hall–Kier alpha value is -3.04. The van der Waals surface area contributed by atoms with Crippen molar-refractivity contribution in [3.05, 3.63) is 93.7 Å². The molecule has 156 valence electrons. The molecule has 5 nitrogen and oxygen atoms in total. The number of ether oxygens (including phenoxy) is 1. The molecule has 0 N–H and O–H groups in total. The van der Waals surface area contributed by atoms with Crippen molar-refractivity contribution in [1.82, 2.24) is 15.2 Å². The predicted molar refractivity (Wildman–Crippen MR) is 117 cm³/mol. The SMILES string of the molecule is COc1ccccc1-c1cnccc1[C-]=O.Clc1ccc(C#Cc2nn[c-]s2)cc1.[Ni+2]. The predicted octanol–water partition coefficient (Wildman–Crippen LogP) is 4.60. The van der Waals surface area contributed by atoms with Crippen molar-refractivity contribution in [3.8, 4) is 28.7 Å². The zero-order valence-corrected chi connectivity index (χ0v) is 18.7. The second-order valence-corrected chi connectivity index (χ2v) is 6.89. The van der Waals surface area contributed by atoms with Crippen LogP contribution in [0.5, 0.6) is 5.75 Å². The number of para-hydroxylation sites is 1. The summed E-state index contributed by atoms with van der Waals surface area (Å²) in [7, 11) is 1.60. The molecule has 0 fully saturated rings. The fourth-order valence-corrected chi connectivity index (χ4v) is 2.90. The summed E-state index contributed by atoms with van der Waals surface area (Å²) in [6.45, 7) is 0. The van der Waals surface area contributed by atoms with E-state index in [9.17, 15) is 4.79 Å². The van der Waals surface area contributed by atoms with E-state index >= 15 is 0 Å². The van der Waals surface area contributed by atoms with E-state index in [-0.39, 0.29) is 16.5 Å². The van der Waals surface area contributed by atoms with Crippen LogP contribution in [0.15, 0.2) is 67.0 Å². The van der Waals surface area contributed by atoms with Crippen molar-refractivity contribution in [2.45, 2.75) is 0 Å². The Kier molecular flexibility index (Phi) is 9.86. The maximum Gasteiger partial charge on any atom is 2.00 e. The minimum absolute atomic E-state index is 0. The number of hydrogen-bond acceptors (Lipinski definition) is 6. The van der Waals surface area contributed by atoms with Crippen LogP contribution in [0.3, 0.4) is 0 Å².